The zero-order chi connectivity index (χ0) is 17.2. The third-order valence-corrected chi connectivity index (χ3v) is 4.70. The van der Waals surface area contributed by atoms with E-state index >= 15 is 0 Å². The predicted molar refractivity (Wildman–Crippen MR) is 109 cm³/mol. The lowest BCUT2D eigenvalue weighted by Crippen LogP contribution is -2.15. The Morgan fingerprint density at radius 2 is 1.85 bits per heavy atom. The molecule has 0 saturated heterocycles. The molecule has 6 heteroatoms. The Labute approximate surface area is 166 Å². The van der Waals surface area contributed by atoms with Crippen molar-refractivity contribution in [3.8, 4) is 11.3 Å². The highest BCUT2D eigenvalue weighted by Gasteiger charge is 2.18. The molecule has 0 amide bonds. The van der Waals surface area contributed by atoms with E-state index in [2.05, 4.69) is 26.1 Å². The van der Waals surface area contributed by atoms with E-state index in [1.807, 2.05) is 60.7 Å². The first kappa shape index (κ1) is 18.6. The molecule has 2 N–H and O–H groups in total. The second kappa shape index (κ2) is 7.99. The van der Waals surface area contributed by atoms with Gasteiger partial charge in [0.15, 0.2) is 5.58 Å². The van der Waals surface area contributed by atoms with Gasteiger partial charge in [0, 0.05) is 39.8 Å². The largest absolute Gasteiger partial charge is 0.356 e. The summed E-state index contributed by atoms with van der Waals surface area (Å²) < 4.78 is 6.47. The van der Waals surface area contributed by atoms with Gasteiger partial charge >= 0.3 is 0 Å². The molecule has 1 atom stereocenters. The van der Waals surface area contributed by atoms with Gasteiger partial charge in [-0.25, -0.2) is 0 Å². The van der Waals surface area contributed by atoms with E-state index in [-0.39, 0.29) is 18.4 Å². The van der Waals surface area contributed by atoms with Crippen LogP contribution >= 0.6 is 28.3 Å². The molecule has 26 heavy (non-hydrogen) atoms. The Morgan fingerprint density at radius 3 is 2.65 bits per heavy atom. The second-order valence-electron chi connectivity index (χ2n) is 5.89. The summed E-state index contributed by atoms with van der Waals surface area (Å²) in [7, 11) is 0. The Bertz CT molecular complexity index is 1020. The van der Waals surface area contributed by atoms with Crippen molar-refractivity contribution in [1.82, 2.24) is 10.1 Å². The number of hydrogen-bond acceptors (Lipinski definition) is 4. The van der Waals surface area contributed by atoms with Crippen molar-refractivity contribution in [2.45, 2.75) is 12.5 Å². The molecule has 0 saturated carbocycles. The van der Waals surface area contributed by atoms with Gasteiger partial charge in [-0.15, -0.1) is 12.4 Å². The molecule has 0 spiro atoms. The monoisotopic (exact) mass is 429 g/mol. The Hall–Kier alpha value is -2.21. The smallest absolute Gasteiger partial charge is 0.168 e. The minimum atomic E-state index is -0.173. The molecule has 0 aliphatic carbocycles. The van der Waals surface area contributed by atoms with Gasteiger partial charge in [0.05, 0.1) is 0 Å². The summed E-state index contributed by atoms with van der Waals surface area (Å²) in [4.78, 5) is 4.38. The highest BCUT2D eigenvalue weighted by molar-refractivity contribution is 9.10. The fourth-order valence-corrected chi connectivity index (χ4v) is 3.34. The van der Waals surface area contributed by atoms with E-state index in [9.17, 15) is 0 Å². The van der Waals surface area contributed by atoms with Crippen molar-refractivity contribution in [2.24, 2.45) is 5.73 Å². The van der Waals surface area contributed by atoms with Gasteiger partial charge < -0.3 is 10.3 Å². The summed E-state index contributed by atoms with van der Waals surface area (Å²) >= 11 is 3.46. The number of nitrogens with two attached hydrogens (primary N) is 1. The molecular formula is C20H17BrClN3O. The maximum Gasteiger partial charge on any atom is 0.168 e. The van der Waals surface area contributed by atoms with E-state index < -0.39 is 0 Å². The zero-order valence-corrected chi connectivity index (χ0v) is 16.2. The number of nitrogens with zero attached hydrogens (tertiary/aromatic N) is 2. The molecule has 2 aromatic heterocycles. The van der Waals surface area contributed by atoms with E-state index in [4.69, 9.17) is 10.3 Å². The molecule has 4 nitrogen and oxygen atoms in total. The molecular weight excluding hydrogens is 414 g/mol. The number of benzene rings is 2. The molecule has 0 fully saturated rings. The Kier molecular flexibility index (Phi) is 5.71. The molecule has 0 aliphatic rings. The van der Waals surface area contributed by atoms with Crippen LogP contribution in [0.5, 0.6) is 0 Å². The lowest BCUT2D eigenvalue weighted by molar-refractivity contribution is 0.459. The summed E-state index contributed by atoms with van der Waals surface area (Å²) in [6.07, 6.45) is 2.45. The molecule has 2 aromatic carbocycles. The SMILES string of the molecule is Cl.N[C@@H](Cc1ccccn1)c1ccccc1-c1noc2cc(Br)ccc12. The van der Waals surface area contributed by atoms with Crippen LogP contribution in [0, 0.1) is 0 Å². The van der Waals surface area contributed by atoms with Gasteiger partial charge in [-0.3, -0.25) is 4.98 Å². The van der Waals surface area contributed by atoms with Crippen LogP contribution in [0.25, 0.3) is 22.2 Å². The number of rotatable bonds is 4. The fourth-order valence-electron chi connectivity index (χ4n) is 3.00. The van der Waals surface area contributed by atoms with E-state index in [1.54, 1.807) is 6.20 Å². The highest BCUT2D eigenvalue weighted by atomic mass is 79.9. The van der Waals surface area contributed by atoms with Crippen molar-refractivity contribution < 1.29 is 4.52 Å². The summed E-state index contributed by atoms with van der Waals surface area (Å²) in [6.45, 7) is 0. The van der Waals surface area contributed by atoms with Crippen molar-refractivity contribution in [3.05, 3.63) is 82.6 Å². The van der Waals surface area contributed by atoms with Crippen LogP contribution in [0.1, 0.15) is 17.3 Å². The van der Waals surface area contributed by atoms with Crippen LogP contribution in [0.15, 0.2) is 75.9 Å². The molecule has 132 valence electrons. The topological polar surface area (TPSA) is 64.9 Å². The summed E-state index contributed by atoms with van der Waals surface area (Å²) in [5.74, 6) is 0. The average Bonchev–Trinajstić information content (AvgIpc) is 3.05. The number of aromatic nitrogens is 2. The summed E-state index contributed by atoms with van der Waals surface area (Å²) in [5.41, 5.74) is 11.1. The van der Waals surface area contributed by atoms with Crippen molar-refractivity contribution in [3.63, 3.8) is 0 Å². The third kappa shape index (κ3) is 3.65. The first-order valence-electron chi connectivity index (χ1n) is 8.02. The van der Waals surface area contributed by atoms with E-state index in [0.29, 0.717) is 6.42 Å². The molecule has 2 heterocycles. The van der Waals surface area contributed by atoms with Crippen LogP contribution in [-0.4, -0.2) is 10.1 Å². The number of fused-ring (bicyclic) bond motifs is 1. The average molecular weight is 431 g/mol. The van der Waals surface area contributed by atoms with Crippen LogP contribution < -0.4 is 5.73 Å². The minimum Gasteiger partial charge on any atom is -0.356 e. The fraction of sp³-hybridized carbons (Fsp3) is 0.100. The van der Waals surface area contributed by atoms with Gasteiger partial charge in [0.1, 0.15) is 5.69 Å². The standard InChI is InChI=1S/C20H16BrN3O.ClH/c21-13-8-9-17-19(11-13)25-24-20(17)16-7-2-1-6-15(16)18(22)12-14-5-3-4-10-23-14;/h1-11,18H,12,22H2;1H/t18-;/m0./s1. The lowest BCUT2D eigenvalue weighted by atomic mass is 9.94. The van der Waals surface area contributed by atoms with Gasteiger partial charge in [0.25, 0.3) is 0 Å². The first-order valence-corrected chi connectivity index (χ1v) is 8.81. The lowest BCUT2D eigenvalue weighted by Gasteiger charge is -2.15. The first-order chi connectivity index (χ1) is 12.2. The van der Waals surface area contributed by atoms with Gasteiger partial charge in [-0.1, -0.05) is 51.4 Å². The summed E-state index contributed by atoms with van der Waals surface area (Å²) in [5, 5.41) is 5.26. The van der Waals surface area contributed by atoms with Gasteiger partial charge in [-0.05, 0) is 35.9 Å². The number of hydrogen-bond donors (Lipinski definition) is 1. The van der Waals surface area contributed by atoms with Crippen LogP contribution in [0.4, 0.5) is 0 Å². The Morgan fingerprint density at radius 1 is 1.04 bits per heavy atom. The van der Waals surface area contributed by atoms with Crippen LogP contribution in [0.3, 0.4) is 0 Å². The maximum absolute atomic E-state index is 6.50. The highest BCUT2D eigenvalue weighted by Crippen LogP contribution is 2.34. The molecule has 0 bridgehead atoms. The Balaban J connectivity index is 0.00000196. The second-order valence-corrected chi connectivity index (χ2v) is 6.81. The molecule has 0 radical (unpaired) electrons. The molecule has 0 unspecified atom stereocenters. The third-order valence-electron chi connectivity index (χ3n) is 4.20. The molecule has 4 aromatic rings. The molecule has 4 rings (SSSR count). The van der Waals surface area contributed by atoms with Gasteiger partial charge in [-0.2, -0.15) is 0 Å². The number of pyridine rings is 1. The van der Waals surface area contributed by atoms with Crippen LogP contribution in [-0.2, 0) is 6.42 Å². The van der Waals surface area contributed by atoms with E-state index in [1.165, 1.54) is 0 Å². The van der Waals surface area contributed by atoms with Crippen LogP contribution in [0.2, 0.25) is 0 Å². The van der Waals surface area contributed by atoms with Crippen molar-refractivity contribution in [1.29, 1.82) is 0 Å². The van der Waals surface area contributed by atoms with E-state index in [0.717, 1.165) is 38.0 Å². The predicted octanol–water partition coefficient (Wildman–Crippen LogP) is 5.32. The maximum atomic E-state index is 6.50. The quantitative estimate of drug-likeness (QED) is 0.476. The summed E-state index contributed by atoms with van der Waals surface area (Å²) in [6, 6.07) is 19.7. The van der Waals surface area contributed by atoms with Crippen molar-refractivity contribution >= 4 is 39.3 Å². The van der Waals surface area contributed by atoms with Gasteiger partial charge in [0.2, 0.25) is 0 Å². The normalized spacial score (nSPS) is 11.9. The minimum absolute atomic E-state index is 0. The number of halogens is 2. The van der Waals surface area contributed by atoms with Crippen molar-refractivity contribution in [2.75, 3.05) is 0 Å². The molecule has 0 aliphatic heterocycles. The zero-order valence-electron chi connectivity index (χ0n) is 13.8.